The summed E-state index contributed by atoms with van der Waals surface area (Å²) in [6.07, 6.45) is 1.18. The Bertz CT molecular complexity index is 1070. The Labute approximate surface area is 191 Å². The molecule has 0 bridgehead atoms. The van der Waals surface area contributed by atoms with Crippen LogP contribution in [-0.4, -0.2) is 49.2 Å². The Balaban J connectivity index is 1.37. The summed E-state index contributed by atoms with van der Waals surface area (Å²) >= 11 is 0. The normalized spacial score (nSPS) is 15.0. The second-order valence-corrected chi connectivity index (χ2v) is 8.79. The second-order valence-electron chi connectivity index (χ2n) is 8.79. The van der Waals surface area contributed by atoms with Gasteiger partial charge in [-0.15, -0.1) is 0 Å². The van der Waals surface area contributed by atoms with Crippen LogP contribution in [0.5, 0.6) is 0 Å². The number of benzene rings is 4. The first-order valence-electron chi connectivity index (χ1n) is 11.8. The van der Waals surface area contributed by atoms with Crippen molar-refractivity contribution in [3.8, 4) is 0 Å². The fourth-order valence-electron chi connectivity index (χ4n) is 4.90. The predicted molar refractivity (Wildman–Crippen MR) is 134 cm³/mol. The minimum Gasteiger partial charge on any atom is -0.379 e. The van der Waals surface area contributed by atoms with Gasteiger partial charge in [0.2, 0.25) is 0 Å². The second kappa shape index (κ2) is 10.3. The molecular weight excluding hydrogens is 392 g/mol. The molecular formula is C29H32N2O. The van der Waals surface area contributed by atoms with E-state index >= 15 is 0 Å². The van der Waals surface area contributed by atoms with E-state index < -0.39 is 0 Å². The van der Waals surface area contributed by atoms with Crippen LogP contribution in [0.25, 0.3) is 21.5 Å². The van der Waals surface area contributed by atoms with Crippen molar-refractivity contribution in [3.63, 3.8) is 0 Å². The third-order valence-corrected chi connectivity index (χ3v) is 6.60. The molecule has 1 heterocycles. The number of fused-ring (bicyclic) bond motifs is 2. The zero-order valence-electron chi connectivity index (χ0n) is 18.7. The Hall–Kier alpha value is -2.72. The number of nitrogens with zero attached hydrogens (tertiary/aromatic N) is 2. The van der Waals surface area contributed by atoms with E-state index in [0.717, 1.165) is 52.5 Å². The Morgan fingerprint density at radius 1 is 0.656 bits per heavy atom. The van der Waals surface area contributed by atoms with E-state index in [9.17, 15) is 0 Å². The summed E-state index contributed by atoms with van der Waals surface area (Å²) in [6, 6.07) is 30.9. The number of morpholine rings is 1. The van der Waals surface area contributed by atoms with Crippen LogP contribution >= 0.6 is 0 Å². The molecule has 0 amide bonds. The van der Waals surface area contributed by atoms with Crippen LogP contribution in [0.4, 0.5) is 0 Å². The van der Waals surface area contributed by atoms with Crippen LogP contribution in [0.15, 0.2) is 84.9 Å². The summed E-state index contributed by atoms with van der Waals surface area (Å²) in [4.78, 5) is 5.17. The lowest BCUT2D eigenvalue weighted by atomic mass is 10.0. The van der Waals surface area contributed by atoms with Gasteiger partial charge in [-0.2, -0.15) is 0 Å². The molecule has 5 rings (SSSR count). The molecule has 4 aromatic rings. The average molecular weight is 425 g/mol. The van der Waals surface area contributed by atoms with E-state index in [1.54, 1.807) is 0 Å². The van der Waals surface area contributed by atoms with Crippen molar-refractivity contribution in [2.75, 3.05) is 39.4 Å². The zero-order chi connectivity index (χ0) is 21.6. The number of hydrogen-bond acceptors (Lipinski definition) is 3. The van der Waals surface area contributed by atoms with Crippen molar-refractivity contribution in [1.29, 1.82) is 0 Å². The maximum absolute atomic E-state index is 5.51. The van der Waals surface area contributed by atoms with Gasteiger partial charge in [-0.3, -0.25) is 9.80 Å². The minimum atomic E-state index is 0.871. The first kappa shape index (κ1) is 21.1. The first-order valence-corrected chi connectivity index (χ1v) is 11.8. The molecule has 1 fully saturated rings. The van der Waals surface area contributed by atoms with Crippen LogP contribution in [0, 0.1) is 0 Å². The molecule has 0 saturated carbocycles. The highest BCUT2D eigenvalue weighted by molar-refractivity contribution is 5.86. The fourth-order valence-corrected chi connectivity index (χ4v) is 4.90. The van der Waals surface area contributed by atoms with Crippen molar-refractivity contribution in [1.82, 2.24) is 9.80 Å². The van der Waals surface area contributed by atoms with Gasteiger partial charge in [-0.05, 0) is 45.6 Å². The maximum atomic E-state index is 5.51. The van der Waals surface area contributed by atoms with Crippen molar-refractivity contribution in [2.45, 2.75) is 19.5 Å². The lowest BCUT2D eigenvalue weighted by Crippen LogP contribution is -2.38. The SMILES string of the molecule is c1ccc2c(CN(CCCN3CCOCC3)Cc3cccc4ccccc34)cccc2c1. The minimum absolute atomic E-state index is 0.871. The number of ether oxygens (including phenoxy) is 1. The average Bonchev–Trinajstić information content (AvgIpc) is 2.85. The smallest absolute Gasteiger partial charge is 0.0594 e. The van der Waals surface area contributed by atoms with Crippen LogP contribution < -0.4 is 0 Å². The summed E-state index contributed by atoms with van der Waals surface area (Å²) in [5.41, 5.74) is 2.82. The summed E-state index contributed by atoms with van der Waals surface area (Å²) in [5.74, 6) is 0. The third kappa shape index (κ3) is 5.02. The Morgan fingerprint density at radius 2 is 1.19 bits per heavy atom. The van der Waals surface area contributed by atoms with E-state index in [2.05, 4.69) is 94.7 Å². The van der Waals surface area contributed by atoms with Gasteiger partial charge < -0.3 is 4.74 Å². The van der Waals surface area contributed by atoms with Gasteiger partial charge in [-0.25, -0.2) is 0 Å². The van der Waals surface area contributed by atoms with Crippen molar-refractivity contribution < 1.29 is 4.74 Å². The summed E-state index contributed by atoms with van der Waals surface area (Å²) in [6.45, 7) is 8.03. The lowest BCUT2D eigenvalue weighted by Gasteiger charge is -2.29. The molecule has 3 nitrogen and oxygen atoms in total. The topological polar surface area (TPSA) is 15.7 Å². The number of hydrogen-bond donors (Lipinski definition) is 0. The lowest BCUT2D eigenvalue weighted by molar-refractivity contribution is 0.0359. The molecule has 1 saturated heterocycles. The van der Waals surface area contributed by atoms with Crippen LogP contribution in [0.3, 0.4) is 0 Å². The highest BCUT2D eigenvalue weighted by Crippen LogP contribution is 2.24. The largest absolute Gasteiger partial charge is 0.379 e. The van der Waals surface area contributed by atoms with Gasteiger partial charge in [0.15, 0.2) is 0 Å². The molecule has 1 aliphatic heterocycles. The molecule has 0 unspecified atom stereocenters. The molecule has 0 N–H and O–H groups in total. The molecule has 4 aromatic carbocycles. The predicted octanol–water partition coefficient (Wildman–Crippen LogP) is 5.72. The van der Waals surface area contributed by atoms with Gasteiger partial charge >= 0.3 is 0 Å². The van der Waals surface area contributed by atoms with Crippen LogP contribution in [0.2, 0.25) is 0 Å². The van der Waals surface area contributed by atoms with Gasteiger partial charge in [0.1, 0.15) is 0 Å². The highest BCUT2D eigenvalue weighted by atomic mass is 16.5. The molecule has 0 atom stereocenters. The first-order chi connectivity index (χ1) is 15.9. The maximum Gasteiger partial charge on any atom is 0.0594 e. The molecule has 1 aliphatic rings. The molecule has 0 aliphatic carbocycles. The van der Waals surface area contributed by atoms with E-state index in [4.69, 9.17) is 4.74 Å². The molecule has 164 valence electrons. The standard InChI is InChI=1S/C29H32N2O/c1-3-14-28-24(8-1)10-5-12-26(28)22-31(17-7-16-30-18-20-32-21-19-30)23-27-13-6-11-25-9-2-4-15-29(25)27/h1-6,8-15H,7,16-23H2. The van der Waals surface area contributed by atoms with Gasteiger partial charge in [0.25, 0.3) is 0 Å². The van der Waals surface area contributed by atoms with Crippen molar-refractivity contribution >= 4 is 21.5 Å². The Kier molecular flexibility index (Phi) is 6.78. The molecule has 3 heteroatoms. The van der Waals surface area contributed by atoms with Crippen molar-refractivity contribution in [2.24, 2.45) is 0 Å². The third-order valence-electron chi connectivity index (χ3n) is 6.60. The van der Waals surface area contributed by atoms with Crippen molar-refractivity contribution in [3.05, 3.63) is 96.1 Å². The fraction of sp³-hybridized carbons (Fsp3) is 0.310. The quantitative estimate of drug-likeness (QED) is 0.360. The van der Waals surface area contributed by atoms with Gasteiger partial charge in [-0.1, -0.05) is 84.9 Å². The van der Waals surface area contributed by atoms with E-state index in [1.165, 1.54) is 39.1 Å². The van der Waals surface area contributed by atoms with E-state index in [-0.39, 0.29) is 0 Å². The molecule has 0 spiro atoms. The van der Waals surface area contributed by atoms with E-state index in [1.807, 2.05) is 0 Å². The van der Waals surface area contributed by atoms with E-state index in [0.29, 0.717) is 0 Å². The van der Waals surface area contributed by atoms with Crippen LogP contribution in [-0.2, 0) is 17.8 Å². The Morgan fingerprint density at radius 3 is 1.78 bits per heavy atom. The van der Waals surface area contributed by atoms with Crippen LogP contribution in [0.1, 0.15) is 17.5 Å². The highest BCUT2D eigenvalue weighted by Gasteiger charge is 2.14. The molecule has 32 heavy (non-hydrogen) atoms. The summed E-state index contributed by atoms with van der Waals surface area (Å²) < 4.78 is 5.51. The number of rotatable bonds is 8. The van der Waals surface area contributed by atoms with Gasteiger partial charge in [0.05, 0.1) is 13.2 Å². The summed E-state index contributed by atoms with van der Waals surface area (Å²) in [7, 11) is 0. The zero-order valence-corrected chi connectivity index (χ0v) is 18.7. The molecule has 0 aromatic heterocycles. The monoisotopic (exact) mass is 424 g/mol. The molecule has 0 radical (unpaired) electrons. The van der Waals surface area contributed by atoms with Gasteiger partial charge in [0, 0.05) is 32.7 Å². The summed E-state index contributed by atoms with van der Waals surface area (Å²) in [5, 5.41) is 5.38.